The summed E-state index contributed by atoms with van der Waals surface area (Å²) in [6, 6.07) is 5.87. The Bertz CT molecular complexity index is 463. The van der Waals surface area contributed by atoms with E-state index < -0.39 is 0 Å². The number of aryl methyl sites for hydroxylation is 1. The molecule has 2 N–H and O–H groups in total. The maximum absolute atomic E-state index is 12.6. The molecule has 2 rings (SSSR count). The fourth-order valence-corrected chi connectivity index (χ4v) is 3.02. The van der Waals surface area contributed by atoms with Crippen LogP contribution in [0.3, 0.4) is 0 Å². The number of nitrogens with zero attached hydrogens (tertiary/aromatic N) is 1. The van der Waals surface area contributed by atoms with Gasteiger partial charge in [-0.05, 0) is 56.8 Å². The summed E-state index contributed by atoms with van der Waals surface area (Å²) in [7, 11) is 0. The maximum Gasteiger partial charge on any atom is 0.255 e. The zero-order valence-corrected chi connectivity index (χ0v) is 13.3. The Hall–Kier alpha value is -0.770. The summed E-state index contributed by atoms with van der Waals surface area (Å²) >= 11 is 6.20. The quantitative estimate of drug-likeness (QED) is 0.928. The molecule has 1 fully saturated rings. The number of carbonyl (C=O) groups excluding carboxylic acids is 1. The molecule has 1 aromatic carbocycles. The SMILES string of the molecule is Cc1ccc(C(=O)N2CCCCC2CCN)c(Cl)c1.Cl. The Morgan fingerprint density at radius 1 is 1.45 bits per heavy atom. The molecule has 1 aliphatic heterocycles. The van der Waals surface area contributed by atoms with Crippen LogP contribution < -0.4 is 5.73 Å². The predicted octanol–water partition coefficient (Wildman–Crippen LogP) is 3.41. The third-order valence-electron chi connectivity index (χ3n) is 3.74. The first-order valence-electron chi connectivity index (χ1n) is 6.90. The number of halogens is 2. The molecule has 0 spiro atoms. The Morgan fingerprint density at radius 3 is 2.85 bits per heavy atom. The molecule has 5 heteroatoms. The summed E-state index contributed by atoms with van der Waals surface area (Å²) in [4.78, 5) is 14.6. The molecular weight excluding hydrogens is 295 g/mol. The van der Waals surface area contributed by atoms with E-state index in [0.717, 1.165) is 31.4 Å². The monoisotopic (exact) mass is 316 g/mol. The normalized spacial score (nSPS) is 18.6. The second kappa shape index (κ2) is 7.87. The lowest BCUT2D eigenvalue weighted by atomic mass is 9.98. The first kappa shape index (κ1) is 17.3. The number of nitrogens with two attached hydrogens (primary N) is 1. The topological polar surface area (TPSA) is 46.3 Å². The van der Waals surface area contributed by atoms with Gasteiger partial charge in [0.05, 0.1) is 10.6 Å². The van der Waals surface area contributed by atoms with E-state index in [1.807, 2.05) is 30.0 Å². The second-order valence-electron chi connectivity index (χ2n) is 5.21. The minimum absolute atomic E-state index is 0. The van der Waals surface area contributed by atoms with Gasteiger partial charge in [0.25, 0.3) is 5.91 Å². The molecular formula is C15H22Cl2N2O. The summed E-state index contributed by atoms with van der Waals surface area (Å²) < 4.78 is 0. The van der Waals surface area contributed by atoms with Crippen LogP contribution in [0.5, 0.6) is 0 Å². The van der Waals surface area contributed by atoms with Crippen LogP contribution in [0.25, 0.3) is 0 Å². The van der Waals surface area contributed by atoms with Crippen LogP contribution >= 0.6 is 24.0 Å². The van der Waals surface area contributed by atoms with Gasteiger partial charge < -0.3 is 10.6 Å². The number of benzene rings is 1. The lowest BCUT2D eigenvalue weighted by Gasteiger charge is -2.36. The van der Waals surface area contributed by atoms with Crippen LogP contribution in [0.1, 0.15) is 41.6 Å². The van der Waals surface area contributed by atoms with E-state index in [0.29, 0.717) is 17.1 Å². The van der Waals surface area contributed by atoms with E-state index in [2.05, 4.69) is 0 Å². The van der Waals surface area contributed by atoms with Gasteiger partial charge in [-0.2, -0.15) is 0 Å². The highest BCUT2D eigenvalue weighted by atomic mass is 35.5. The minimum atomic E-state index is 0. The van der Waals surface area contributed by atoms with Gasteiger partial charge in [0.15, 0.2) is 0 Å². The van der Waals surface area contributed by atoms with E-state index >= 15 is 0 Å². The summed E-state index contributed by atoms with van der Waals surface area (Å²) in [5.41, 5.74) is 7.32. The van der Waals surface area contributed by atoms with Gasteiger partial charge in [0, 0.05) is 12.6 Å². The zero-order valence-electron chi connectivity index (χ0n) is 11.8. The minimum Gasteiger partial charge on any atom is -0.336 e. The number of piperidine rings is 1. The zero-order chi connectivity index (χ0) is 13.8. The van der Waals surface area contributed by atoms with E-state index in [4.69, 9.17) is 17.3 Å². The van der Waals surface area contributed by atoms with Gasteiger partial charge in [-0.15, -0.1) is 12.4 Å². The highest BCUT2D eigenvalue weighted by molar-refractivity contribution is 6.33. The fraction of sp³-hybridized carbons (Fsp3) is 0.533. The van der Waals surface area contributed by atoms with E-state index in [-0.39, 0.29) is 24.4 Å². The van der Waals surface area contributed by atoms with Gasteiger partial charge in [0.1, 0.15) is 0 Å². The van der Waals surface area contributed by atoms with Crippen LogP contribution in [0.2, 0.25) is 5.02 Å². The van der Waals surface area contributed by atoms with Gasteiger partial charge in [-0.25, -0.2) is 0 Å². The van der Waals surface area contributed by atoms with Crippen molar-refractivity contribution >= 4 is 29.9 Å². The number of hydrogen-bond donors (Lipinski definition) is 1. The van der Waals surface area contributed by atoms with Crippen LogP contribution in [-0.4, -0.2) is 29.9 Å². The Balaban J connectivity index is 0.00000200. The smallest absolute Gasteiger partial charge is 0.255 e. The molecule has 0 aliphatic carbocycles. The Morgan fingerprint density at radius 2 is 2.20 bits per heavy atom. The van der Waals surface area contributed by atoms with Crippen molar-refractivity contribution in [2.45, 2.75) is 38.6 Å². The van der Waals surface area contributed by atoms with Crippen LogP contribution in [0.4, 0.5) is 0 Å². The van der Waals surface area contributed by atoms with Crippen molar-refractivity contribution in [3.8, 4) is 0 Å². The van der Waals surface area contributed by atoms with Crippen molar-refractivity contribution < 1.29 is 4.79 Å². The number of amides is 1. The standard InChI is InChI=1S/C15H21ClN2O.ClH/c1-11-5-6-13(14(16)10-11)15(19)18-9-3-2-4-12(18)7-8-17;/h5-6,10,12H,2-4,7-9,17H2,1H3;1H. The third-order valence-corrected chi connectivity index (χ3v) is 4.06. The van der Waals surface area contributed by atoms with E-state index in [9.17, 15) is 4.79 Å². The molecule has 0 radical (unpaired) electrons. The highest BCUT2D eigenvalue weighted by Gasteiger charge is 2.27. The first-order chi connectivity index (χ1) is 9.13. The lowest BCUT2D eigenvalue weighted by Crippen LogP contribution is -2.44. The maximum atomic E-state index is 12.6. The van der Waals surface area contributed by atoms with Crippen LogP contribution in [-0.2, 0) is 0 Å². The molecule has 1 aromatic rings. The molecule has 1 atom stereocenters. The number of rotatable bonds is 3. The fourth-order valence-electron chi connectivity index (χ4n) is 2.71. The molecule has 112 valence electrons. The largest absolute Gasteiger partial charge is 0.336 e. The molecule has 1 amide bonds. The van der Waals surface area contributed by atoms with Gasteiger partial charge in [0.2, 0.25) is 0 Å². The number of carbonyl (C=O) groups is 1. The van der Waals surface area contributed by atoms with Crippen molar-refractivity contribution in [2.75, 3.05) is 13.1 Å². The van der Waals surface area contributed by atoms with Gasteiger partial charge in [-0.3, -0.25) is 4.79 Å². The summed E-state index contributed by atoms with van der Waals surface area (Å²) in [6.45, 7) is 3.40. The average molecular weight is 317 g/mol. The molecule has 0 saturated carbocycles. The first-order valence-corrected chi connectivity index (χ1v) is 7.28. The summed E-state index contributed by atoms with van der Waals surface area (Å²) in [5, 5.41) is 0.544. The molecule has 0 aromatic heterocycles. The summed E-state index contributed by atoms with van der Waals surface area (Å²) in [5.74, 6) is 0.0446. The van der Waals surface area contributed by atoms with E-state index in [1.165, 1.54) is 6.42 Å². The van der Waals surface area contributed by atoms with Gasteiger partial charge in [-0.1, -0.05) is 17.7 Å². The molecule has 0 bridgehead atoms. The molecule has 1 aliphatic rings. The number of likely N-dealkylation sites (tertiary alicyclic amines) is 1. The lowest BCUT2D eigenvalue weighted by molar-refractivity contribution is 0.0605. The predicted molar refractivity (Wildman–Crippen MR) is 85.8 cm³/mol. The average Bonchev–Trinajstić information content (AvgIpc) is 2.39. The third kappa shape index (κ3) is 3.87. The molecule has 1 unspecified atom stereocenters. The van der Waals surface area contributed by atoms with Gasteiger partial charge >= 0.3 is 0 Å². The van der Waals surface area contributed by atoms with Crippen molar-refractivity contribution in [3.63, 3.8) is 0 Å². The Labute approximate surface area is 131 Å². The molecule has 3 nitrogen and oxygen atoms in total. The van der Waals surface area contributed by atoms with Crippen molar-refractivity contribution in [1.29, 1.82) is 0 Å². The van der Waals surface area contributed by atoms with Crippen molar-refractivity contribution in [3.05, 3.63) is 34.3 Å². The molecule has 20 heavy (non-hydrogen) atoms. The second-order valence-corrected chi connectivity index (χ2v) is 5.62. The highest BCUT2D eigenvalue weighted by Crippen LogP contribution is 2.25. The Kier molecular flexibility index (Phi) is 6.80. The summed E-state index contributed by atoms with van der Waals surface area (Å²) in [6.07, 6.45) is 4.16. The molecule has 1 heterocycles. The van der Waals surface area contributed by atoms with Crippen LogP contribution in [0.15, 0.2) is 18.2 Å². The van der Waals surface area contributed by atoms with Crippen molar-refractivity contribution in [1.82, 2.24) is 4.90 Å². The molecule has 1 saturated heterocycles. The van der Waals surface area contributed by atoms with Crippen molar-refractivity contribution in [2.24, 2.45) is 5.73 Å². The van der Waals surface area contributed by atoms with E-state index in [1.54, 1.807) is 0 Å². The van der Waals surface area contributed by atoms with Crippen LogP contribution in [0, 0.1) is 6.92 Å². The number of hydrogen-bond acceptors (Lipinski definition) is 2.